The number of aromatic nitrogens is 1. The Morgan fingerprint density at radius 3 is 2.50 bits per heavy atom. The average Bonchev–Trinajstić information content (AvgIpc) is 3.60. The van der Waals surface area contributed by atoms with Gasteiger partial charge in [-0.25, -0.2) is 0 Å². The monoisotopic (exact) mass is 614 g/mol. The zero-order valence-corrected chi connectivity index (χ0v) is 26.9. The Bertz CT molecular complexity index is 1660. The van der Waals surface area contributed by atoms with Crippen molar-refractivity contribution in [1.29, 1.82) is 0 Å². The lowest BCUT2D eigenvalue weighted by molar-refractivity contribution is 0.0146. The minimum atomic E-state index is -0.279. The molecule has 4 aromatic rings. The maximum absolute atomic E-state index is 11.9. The summed E-state index contributed by atoms with van der Waals surface area (Å²) in [7, 11) is 0. The predicted molar refractivity (Wildman–Crippen MR) is 175 cm³/mol. The molecule has 3 aromatic carbocycles. The van der Waals surface area contributed by atoms with Crippen LogP contribution >= 0.6 is 11.3 Å². The number of hydrogen-bond acceptors (Lipinski definition) is 7. The van der Waals surface area contributed by atoms with Crippen LogP contribution < -0.4 is 19.1 Å². The summed E-state index contributed by atoms with van der Waals surface area (Å²) in [5.41, 5.74) is 6.62. The molecule has 8 heteroatoms. The molecule has 2 aliphatic rings. The molecule has 1 fully saturated rings. The maximum Gasteiger partial charge on any atom is 0.310 e. The molecular formula is C36H42N2O5S. The molecule has 1 aromatic heterocycles. The van der Waals surface area contributed by atoms with E-state index in [0.717, 1.165) is 78.5 Å². The molecule has 1 N–H and O–H groups in total. The van der Waals surface area contributed by atoms with Gasteiger partial charge < -0.3 is 19.3 Å². The summed E-state index contributed by atoms with van der Waals surface area (Å²) in [6, 6.07) is 18.4. The number of nitrogens with zero attached hydrogens (tertiary/aromatic N) is 2. The molecule has 3 heterocycles. The number of hydrogen-bond donors (Lipinski definition) is 1. The van der Waals surface area contributed by atoms with Crippen molar-refractivity contribution in [3.63, 3.8) is 0 Å². The fourth-order valence-electron chi connectivity index (χ4n) is 6.60. The van der Waals surface area contributed by atoms with Crippen LogP contribution in [0.15, 0.2) is 64.8 Å². The highest BCUT2D eigenvalue weighted by Crippen LogP contribution is 2.44. The standard InChI is InChI=1S/C36H42N2O5S/c1-24-25(2)34-31(26(3)33(24)42-20-28-9-6-5-7-10-28)16-17-36(4,43-34)23-37-18-8-11-29(37)21-41-30-14-12-27(13-15-30)19-38-32(39)22-44-35(38)40/h5-7,9-10,12-15,22,29,39H,8,11,16-21,23H2,1-4H3/t29-,36?/m0/s1. The van der Waals surface area contributed by atoms with Crippen molar-refractivity contribution in [3.05, 3.63) is 103 Å². The van der Waals surface area contributed by atoms with Gasteiger partial charge in [0.15, 0.2) is 0 Å². The molecule has 6 rings (SSSR count). The van der Waals surface area contributed by atoms with E-state index in [0.29, 0.717) is 25.8 Å². The first-order chi connectivity index (χ1) is 21.2. The lowest BCUT2D eigenvalue weighted by Gasteiger charge is -2.41. The number of fused-ring (bicyclic) bond motifs is 1. The molecule has 0 saturated carbocycles. The lowest BCUT2D eigenvalue weighted by atomic mass is 9.86. The third-order valence-electron chi connectivity index (χ3n) is 9.29. The Kier molecular flexibility index (Phi) is 8.74. The van der Waals surface area contributed by atoms with E-state index in [1.54, 1.807) is 0 Å². The van der Waals surface area contributed by atoms with Gasteiger partial charge in [0.25, 0.3) is 0 Å². The van der Waals surface area contributed by atoms with Gasteiger partial charge in [0.2, 0.25) is 5.88 Å². The van der Waals surface area contributed by atoms with Gasteiger partial charge in [-0.3, -0.25) is 14.3 Å². The van der Waals surface area contributed by atoms with Crippen LogP contribution in [0.5, 0.6) is 23.1 Å². The molecule has 2 atom stereocenters. The number of benzene rings is 3. The van der Waals surface area contributed by atoms with Crippen LogP contribution in [-0.4, -0.2) is 45.9 Å². The summed E-state index contributed by atoms with van der Waals surface area (Å²) >= 11 is 1.00. The van der Waals surface area contributed by atoms with E-state index in [-0.39, 0.29) is 16.4 Å². The second-order valence-electron chi connectivity index (χ2n) is 12.5. The zero-order valence-electron chi connectivity index (χ0n) is 26.1. The van der Waals surface area contributed by atoms with Crippen molar-refractivity contribution < 1.29 is 19.3 Å². The molecule has 7 nitrogen and oxygen atoms in total. The molecule has 0 bridgehead atoms. The Balaban J connectivity index is 1.08. The van der Waals surface area contributed by atoms with E-state index in [1.165, 1.54) is 32.2 Å². The van der Waals surface area contributed by atoms with Gasteiger partial charge in [0.1, 0.15) is 36.1 Å². The summed E-state index contributed by atoms with van der Waals surface area (Å²) in [5.74, 6) is 2.83. The van der Waals surface area contributed by atoms with Gasteiger partial charge in [0, 0.05) is 18.2 Å². The first-order valence-corrected chi connectivity index (χ1v) is 16.4. The number of ether oxygens (including phenoxy) is 3. The van der Waals surface area contributed by atoms with Gasteiger partial charge in [-0.05, 0) is 99.9 Å². The second kappa shape index (κ2) is 12.7. The van der Waals surface area contributed by atoms with Crippen molar-refractivity contribution in [2.75, 3.05) is 19.7 Å². The quantitative estimate of drug-likeness (QED) is 0.212. The number of thiazole rings is 1. The third-order valence-corrected chi connectivity index (χ3v) is 10.0. The Morgan fingerprint density at radius 2 is 1.77 bits per heavy atom. The minimum Gasteiger partial charge on any atom is -0.494 e. The van der Waals surface area contributed by atoms with Gasteiger partial charge in [-0.2, -0.15) is 0 Å². The molecule has 1 unspecified atom stereocenters. The zero-order chi connectivity index (χ0) is 30.8. The summed E-state index contributed by atoms with van der Waals surface area (Å²) in [6.07, 6.45) is 4.18. The van der Waals surface area contributed by atoms with E-state index < -0.39 is 0 Å². The molecule has 0 radical (unpaired) electrons. The van der Waals surface area contributed by atoms with Crippen molar-refractivity contribution in [2.45, 2.75) is 78.2 Å². The predicted octanol–water partition coefficient (Wildman–Crippen LogP) is 6.80. The SMILES string of the molecule is Cc1c(C)c2c(c(C)c1OCc1ccccc1)CCC(C)(CN1CCC[C@H]1COc1ccc(Cn3c(O)csc3=O)cc1)O2. The largest absolute Gasteiger partial charge is 0.494 e. The molecule has 44 heavy (non-hydrogen) atoms. The maximum atomic E-state index is 11.9. The Morgan fingerprint density at radius 1 is 1.00 bits per heavy atom. The van der Waals surface area contributed by atoms with Crippen LogP contribution in [0, 0.1) is 20.8 Å². The highest BCUT2D eigenvalue weighted by Gasteiger charge is 2.39. The third kappa shape index (κ3) is 6.37. The van der Waals surface area contributed by atoms with Crippen LogP contribution in [0.3, 0.4) is 0 Å². The van der Waals surface area contributed by atoms with E-state index in [4.69, 9.17) is 14.2 Å². The Hall–Kier alpha value is -3.75. The highest BCUT2D eigenvalue weighted by molar-refractivity contribution is 7.07. The summed E-state index contributed by atoms with van der Waals surface area (Å²) in [5, 5.41) is 11.4. The van der Waals surface area contributed by atoms with E-state index in [2.05, 4.69) is 44.7 Å². The molecule has 0 amide bonds. The van der Waals surface area contributed by atoms with Gasteiger partial charge in [0.05, 0.1) is 11.9 Å². The smallest absolute Gasteiger partial charge is 0.310 e. The van der Waals surface area contributed by atoms with Crippen LogP contribution in [-0.2, 0) is 19.6 Å². The number of aromatic hydroxyl groups is 1. The summed E-state index contributed by atoms with van der Waals surface area (Å²) in [4.78, 5) is 14.3. The highest BCUT2D eigenvalue weighted by atomic mass is 32.1. The molecule has 1 saturated heterocycles. The average molecular weight is 615 g/mol. The van der Waals surface area contributed by atoms with Crippen LogP contribution in [0.4, 0.5) is 0 Å². The second-order valence-corrected chi connectivity index (χ2v) is 13.3. The van der Waals surface area contributed by atoms with Crippen LogP contribution in [0.25, 0.3) is 0 Å². The first-order valence-electron chi connectivity index (χ1n) is 15.5. The first kappa shape index (κ1) is 30.3. The van der Waals surface area contributed by atoms with E-state index >= 15 is 0 Å². The van der Waals surface area contributed by atoms with Gasteiger partial charge in [-0.1, -0.05) is 53.8 Å². The fourth-order valence-corrected chi connectivity index (χ4v) is 7.22. The molecule has 2 aliphatic heterocycles. The topological polar surface area (TPSA) is 73.2 Å². The number of rotatable bonds is 10. The summed E-state index contributed by atoms with van der Waals surface area (Å²) in [6.45, 7) is 12.2. The molecular weight excluding hydrogens is 572 g/mol. The normalized spacial score (nSPS) is 19.9. The molecule has 0 spiro atoms. The van der Waals surface area contributed by atoms with Crippen molar-refractivity contribution >= 4 is 11.3 Å². The van der Waals surface area contributed by atoms with Crippen LogP contribution in [0.2, 0.25) is 0 Å². The molecule has 232 valence electrons. The van der Waals surface area contributed by atoms with E-state index in [9.17, 15) is 9.90 Å². The minimum absolute atomic E-state index is 0.00110. The van der Waals surface area contributed by atoms with Crippen LogP contribution in [0.1, 0.15) is 59.6 Å². The lowest BCUT2D eigenvalue weighted by Crippen LogP contribution is -2.50. The van der Waals surface area contributed by atoms with Crippen molar-refractivity contribution in [3.8, 4) is 23.1 Å². The Labute approximate surface area is 263 Å². The van der Waals surface area contributed by atoms with Gasteiger partial charge in [-0.15, -0.1) is 0 Å². The number of likely N-dealkylation sites (tertiary alicyclic amines) is 1. The summed E-state index contributed by atoms with van der Waals surface area (Å²) < 4.78 is 20.9. The van der Waals surface area contributed by atoms with E-state index in [1.807, 2.05) is 42.5 Å². The fraction of sp³-hybridized carbons (Fsp3) is 0.417. The molecule has 0 aliphatic carbocycles. The van der Waals surface area contributed by atoms with Gasteiger partial charge >= 0.3 is 4.87 Å². The van der Waals surface area contributed by atoms with Crippen molar-refractivity contribution in [1.82, 2.24) is 9.47 Å². The van der Waals surface area contributed by atoms with Crippen molar-refractivity contribution in [2.24, 2.45) is 0 Å².